The van der Waals surface area contributed by atoms with Crippen LogP contribution in [-0.4, -0.2) is 46.3 Å². The van der Waals surface area contributed by atoms with Gasteiger partial charge in [0, 0.05) is 54.5 Å². The van der Waals surface area contributed by atoms with Gasteiger partial charge in [0.15, 0.2) is 0 Å². The number of rotatable bonds is 8. The summed E-state index contributed by atoms with van der Waals surface area (Å²) in [4.78, 5) is 42.2. The van der Waals surface area contributed by atoms with Crippen LogP contribution < -0.4 is 26.2 Å². The van der Waals surface area contributed by atoms with Crippen molar-refractivity contribution >= 4 is 40.7 Å². The van der Waals surface area contributed by atoms with E-state index in [1.165, 1.54) is 13.2 Å². The molecule has 0 bridgehead atoms. The first kappa shape index (κ1) is 30.8. The normalized spacial score (nSPS) is 17.2. The molecular formula is C33H32Cl2N6O4. The van der Waals surface area contributed by atoms with Crippen LogP contribution in [0.25, 0.3) is 22.4 Å². The Labute approximate surface area is 270 Å². The molecule has 0 spiro atoms. The molecule has 0 unspecified atom stereocenters. The van der Waals surface area contributed by atoms with Gasteiger partial charge in [-0.25, -0.2) is 9.67 Å². The van der Waals surface area contributed by atoms with Gasteiger partial charge in [-0.05, 0) is 55.0 Å². The van der Waals surface area contributed by atoms with E-state index in [2.05, 4.69) is 27.1 Å². The molecule has 6 rings (SSSR count). The van der Waals surface area contributed by atoms with Gasteiger partial charge >= 0.3 is 0 Å². The number of benzene rings is 2. The largest absolute Gasteiger partial charge is 0.481 e. The topological polar surface area (TPSA) is 127 Å². The van der Waals surface area contributed by atoms with Crippen LogP contribution in [0, 0.1) is 6.92 Å². The molecule has 1 saturated heterocycles. The molecule has 2 amide bonds. The average Bonchev–Trinajstić information content (AvgIpc) is 3.64. The standard InChI is InChI=1S/C33H32Cl2N6O4/c1-17-20(6-5-9-24(17)39-31(43)29-23(34)16-37-41(2)33(29)44)21-7-4-8-22(30(21)35)26-14-18-10-12-25(28(18)32(40-26)45-3)36-15-19-11-13-27(42)38-19/h4-9,14,16,19,25,36H,10-13,15H2,1-3H3,(H,38,42)(H,39,43)/t19-,25-/m0/s1. The number of anilines is 1. The zero-order valence-corrected chi connectivity index (χ0v) is 26.6. The molecule has 3 N–H and O–H groups in total. The van der Waals surface area contributed by atoms with E-state index in [0.717, 1.165) is 57.3 Å². The third kappa shape index (κ3) is 5.93. The number of amides is 2. The monoisotopic (exact) mass is 646 g/mol. The summed E-state index contributed by atoms with van der Waals surface area (Å²) in [6.07, 6.45) is 4.44. The second kappa shape index (κ2) is 12.6. The Balaban J connectivity index is 1.29. The molecule has 0 radical (unpaired) electrons. The SMILES string of the molecule is COc1nc(-c2cccc(-c3cccc(NC(=O)c4c(Cl)cnn(C)c4=O)c3C)c2Cl)cc2c1[C@@H](NC[C@@H]1CCC(=O)N1)CC2. The average molecular weight is 648 g/mol. The van der Waals surface area contributed by atoms with Gasteiger partial charge in [-0.15, -0.1) is 0 Å². The number of hydrogen-bond donors (Lipinski definition) is 3. The highest BCUT2D eigenvalue weighted by Gasteiger charge is 2.30. The third-order valence-corrected chi connectivity index (χ3v) is 9.21. The van der Waals surface area contributed by atoms with E-state index < -0.39 is 11.5 Å². The number of ether oxygens (including phenoxy) is 1. The van der Waals surface area contributed by atoms with Gasteiger partial charge in [0.1, 0.15) is 5.56 Å². The lowest BCUT2D eigenvalue weighted by atomic mass is 9.96. The summed E-state index contributed by atoms with van der Waals surface area (Å²) < 4.78 is 6.84. The molecule has 2 aromatic carbocycles. The lowest BCUT2D eigenvalue weighted by Gasteiger charge is -2.20. The van der Waals surface area contributed by atoms with Crippen molar-refractivity contribution in [3.63, 3.8) is 0 Å². The number of aromatic nitrogens is 3. The van der Waals surface area contributed by atoms with Crippen LogP contribution in [0.2, 0.25) is 10.0 Å². The molecule has 45 heavy (non-hydrogen) atoms. The molecule has 1 aliphatic heterocycles. The van der Waals surface area contributed by atoms with Crippen LogP contribution in [0.1, 0.15) is 52.4 Å². The summed E-state index contributed by atoms with van der Waals surface area (Å²) >= 11 is 13.2. The molecule has 232 valence electrons. The van der Waals surface area contributed by atoms with Crippen molar-refractivity contribution in [1.29, 1.82) is 0 Å². The Kier molecular flexibility index (Phi) is 8.63. The van der Waals surface area contributed by atoms with Crippen molar-refractivity contribution < 1.29 is 14.3 Å². The quantitative estimate of drug-likeness (QED) is 0.239. The summed E-state index contributed by atoms with van der Waals surface area (Å²) in [5, 5.41) is 13.8. The summed E-state index contributed by atoms with van der Waals surface area (Å²) in [5.74, 6) is 0.0276. The van der Waals surface area contributed by atoms with Gasteiger partial charge in [0.25, 0.3) is 11.5 Å². The molecule has 10 nitrogen and oxygen atoms in total. The van der Waals surface area contributed by atoms with Crippen LogP contribution in [0.4, 0.5) is 5.69 Å². The Morgan fingerprint density at radius 1 is 1.09 bits per heavy atom. The molecule has 2 aromatic heterocycles. The Bertz CT molecular complexity index is 1890. The maximum atomic E-state index is 13.1. The molecule has 3 heterocycles. The summed E-state index contributed by atoms with van der Waals surface area (Å²) in [5.41, 5.74) is 5.72. The minimum absolute atomic E-state index is 0.0261. The van der Waals surface area contributed by atoms with E-state index in [0.29, 0.717) is 35.2 Å². The highest BCUT2D eigenvalue weighted by molar-refractivity contribution is 6.36. The lowest BCUT2D eigenvalue weighted by Crippen LogP contribution is -2.36. The van der Waals surface area contributed by atoms with Gasteiger partial charge < -0.3 is 20.7 Å². The van der Waals surface area contributed by atoms with Gasteiger partial charge in [-0.2, -0.15) is 5.10 Å². The first-order valence-electron chi connectivity index (χ1n) is 14.7. The number of carbonyl (C=O) groups is 2. The summed E-state index contributed by atoms with van der Waals surface area (Å²) in [7, 11) is 3.07. The zero-order chi connectivity index (χ0) is 31.8. The summed E-state index contributed by atoms with van der Waals surface area (Å²) in [6.45, 7) is 2.57. The minimum atomic E-state index is -0.627. The van der Waals surface area contributed by atoms with Gasteiger partial charge in [0.05, 0.1) is 29.0 Å². The molecule has 1 aliphatic carbocycles. The molecule has 1 fully saturated rings. The van der Waals surface area contributed by atoms with Crippen molar-refractivity contribution in [2.24, 2.45) is 7.05 Å². The van der Waals surface area contributed by atoms with Gasteiger partial charge in [-0.1, -0.05) is 53.5 Å². The van der Waals surface area contributed by atoms with E-state index in [1.54, 1.807) is 13.2 Å². The molecule has 0 saturated carbocycles. The van der Waals surface area contributed by atoms with Crippen molar-refractivity contribution in [2.75, 3.05) is 19.0 Å². The van der Waals surface area contributed by atoms with E-state index >= 15 is 0 Å². The fraction of sp³-hybridized carbons (Fsp3) is 0.303. The highest BCUT2D eigenvalue weighted by atomic mass is 35.5. The number of aryl methyl sites for hydroxylation is 2. The van der Waals surface area contributed by atoms with Crippen molar-refractivity contribution in [1.82, 2.24) is 25.4 Å². The van der Waals surface area contributed by atoms with E-state index in [1.807, 2.05) is 37.3 Å². The minimum Gasteiger partial charge on any atom is -0.481 e. The Morgan fingerprint density at radius 3 is 2.60 bits per heavy atom. The van der Waals surface area contributed by atoms with Crippen molar-refractivity contribution in [2.45, 2.75) is 44.7 Å². The number of methoxy groups -OCH3 is 1. The number of pyridine rings is 1. The maximum absolute atomic E-state index is 13.1. The fourth-order valence-corrected chi connectivity index (χ4v) is 6.66. The van der Waals surface area contributed by atoms with Crippen LogP contribution in [0.5, 0.6) is 5.88 Å². The predicted molar refractivity (Wildman–Crippen MR) is 174 cm³/mol. The van der Waals surface area contributed by atoms with Crippen LogP contribution in [-0.2, 0) is 18.3 Å². The van der Waals surface area contributed by atoms with E-state index in [9.17, 15) is 14.4 Å². The van der Waals surface area contributed by atoms with E-state index in [4.69, 9.17) is 32.9 Å². The third-order valence-electron chi connectivity index (χ3n) is 8.51. The molecule has 2 aliphatic rings. The fourth-order valence-electron chi connectivity index (χ4n) is 6.13. The van der Waals surface area contributed by atoms with Crippen LogP contribution in [0.15, 0.2) is 53.5 Å². The smallest absolute Gasteiger partial charge is 0.280 e. The molecule has 2 atom stereocenters. The number of hydrogen-bond acceptors (Lipinski definition) is 7. The van der Waals surface area contributed by atoms with Crippen LogP contribution >= 0.6 is 23.2 Å². The van der Waals surface area contributed by atoms with Crippen molar-refractivity contribution in [3.8, 4) is 28.3 Å². The lowest BCUT2D eigenvalue weighted by molar-refractivity contribution is -0.119. The highest BCUT2D eigenvalue weighted by Crippen LogP contribution is 2.43. The number of halogens is 2. The molecule has 4 aromatic rings. The number of nitrogens with zero attached hydrogens (tertiary/aromatic N) is 3. The van der Waals surface area contributed by atoms with Crippen LogP contribution in [0.3, 0.4) is 0 Å². The molecule has 12 heteroatoms. The van der Waals surface area contributed by atoms with Gasteiger partial charge in [0.2, 0.25) is 11.8 Å². The number of fused-ring (bicyclic) bond motifs is 1. The predicted octanol–water partition coefficient (Wildman–Crippen LogP) is 5.24. The Morgan fingerprint density at radius 2 is 1.84 bits per heavy atom. The van der Waals surface area contributed by atoms with E-state index in [-0.39, 0.29) is 28.6 Å². The maximum Gasteiger partial charge on any atom is 0.280 e. The Hall–Kier alpha value is -4.25. The first-order chi connectivity index (χ1) is 21.7. The first-order valence-corrected chi connectivity index (χ1v) is 15.4. The summed E-state index contributed by atoms with van der Waals surface area (Å²) in [6, 6.07) is 13.6. The second-order valence-electron chi connectivity index (χ2n) is 11.3. The number of carbonyl (C=O) groups excluding carboxylic acids is 2. The number of nitrogens with one attached hydrogen (secondary N) is 3. The van der Waals surface area contributed by atoms with Gasteiger partial charge in [-0.3, -0.25) is 14.4 Å². The zero-order valence-electron chi connectivity index (χ0n) is 25.0. The molecular weight excluding hydrogens is 615 g/mol. The second-order valence-corrected chi connectivity index (χ2v) is 12.1. The van der Waals surface area contributed by atoms with Crippen molar-refractivity contribution in [3.05, 3.63) is 91.3 Å².